The summed E-state index contributed by atoms with van der Waals surface area (Å²) in [6.07, 6.45) is 10.4. The summed E-state index contributed by atoms with van der Waals surface area (Å²) in [5.41, 5.74) is 7.67. The molecule has 9 heteroatoms. The number of nitrogens with two attached hydrogens (primary N) is 1. The lowest BCUT2D eigenvalue weighted by atomic mass is 9.95. The largest absolute Gasteiger partial charge is 0.394 e. The van der Waals surface area contributed by atoms with E-state index in [0.717, 1.165) is 60.3 Å². The zero-order valence-electron chi connectivity index (χ0n) is 21.1. The van der Waals surface area contributed by atoms with E-state index in [1.807, 2.05) is 30.5 Å². The van der Waals surface area contributed by atoms with Gasteiger partial charge in [-0.25, -0.2) is 15.0 Å². The van der Waals surface area contributed by atoms with E-state index in [9.17, 15) is 4.79 Å². The number of hydrogen-bond acceptors (Lipinski definition) is 7. The minimum absolute atomic E-state index is 0.0409. The van der Waals surface area contributed by atoms with Crippen LogP contribution in [0.1, 0.15) is 26.7 Å². The molecule has 9 nitrogen and oxygen atoms in total. The summed E-state index contributed by atoms with van der Waals surface area (Å²) in [7, 11) is 1.80. The van der Waals surface area contributed by atoms with Crippen LogP contribution in [-0.2, 0) is 4.79 Å². The second-order valence-corrected chi connectivity index (χ2v) is 9.39. The van der Waals surface area contributed by atoms with Gasteiger partial charge in [0.1, 0.15) is 11.7 Å². The predicted octanol–water partition coefficient (Wildman–Crippen LogP) is 3.40. The van der Waals surface area contributed by atoms with Crippen LogP contribution < -0.4 is 21.3 Å². The van der Waals surface area contributed by atoms with Crippen LogP contribution >= 0.6 is 0 Å². The Morgan fingerprint density at radius 3 is 2.81 bits per heavy atom. The Balaban J connectivity index is 1.60. The Morgan fingerprint density at radius 2 is 2.06 bits per heavy atom. The number of amides is 1. The number of anilines is 1. The van der Waals surface area contributed by atoms with Crippen LogP contribution in [0.25, 0.3) is 22.0 Å². The summed E-state index contributed by atoms with van der Waals surface area (Å²) in [5.74, 6) is 2.41. The number of carbonyl (C=O) groups is 1. The Bertz CT molecular complexity index is 1260. The van der Waals surface area contributed by atoms with Crippen LogP contribution in [-0.4, -0.2) is 53.4 Å². The number of carbonyl (C=O) groups excluding carboxylic acids is 1. The molecule has 0 radical (unpaired) electrons. The molecule has 0 bridgehead atoms. The first-order valence-corrected chi connectivity index (χ1v) is 12.4. The smallest absolute Gasteiger partial charge is 0.223 e. The van der Waals surface area contributed by atoms with E-state index >= 15 is 0 Å². The first-order chi connectivity index (χ1) is 17.4. The van der Waals surface area contributed by atoms with Crippen LogP contribution in [0.3, 0.4) is 0 Å². The van der Waals surface area contributed by atoms with Crippen LogP contribution in [0.5, 0.6) is 0 Å². The minimum atomic E-state index is 0.0409. The molecule has 4 heterocycles. The van der Waals surface area contributed by atoms with Crippen LogP contribution in [0.2, 0.25) is 0 Å². The van der Waals surface area contributed by atoms with E-state index in [4.69, 9.17) is 10.7 Å². The topological polar surface area (TPSA) is 121 Å². The fourth-order valence-corrected chi connectivity index (χ4v) is 4.25. The molecule has 4 rings (SSSR count). The molecule has 1 saturated heterocycles. The lowest BCUT2D eigenvalue weighted by molar-refractivity contribution is -0.125. The number of piperidine rings is 1. The number of hydrogen-bond donors (Lipinski definition) is 3. The molecule has 36 heavy (non-hydrogen) atoms. The van der Waals surface area contributed by atoms with E-state index in [2.05, 4.69) is 44.3 Å². The maximum atomic E-state index is 12.6. The molecule has 0 atom stereocenters. The van der Waals surface area contributed by atoms with Gasteiger partial charge in [0, 0.05) is 67.5 Å². The molecular formula is C27H34N8O. The number of amidine groups is 1. The highest BCUT2D eigenvalue weighted by molar-refractivity contribution is 5.95. The molecule has 0 aliphatic carbocycles. The third-order valence-corrected chi connectivity index (χ3v) is 6.17. The third-order valence-electron chi connectivity index (χ3n) is 6.17. The predicted molar refractivity (Wildman–Crippen MR) is 145 cm³/mol. The number of pyridine rings is 3. The summed E-state index contributed by atoms with van der Waals surface area (Å²) in [4.78, 5) is 32.9. The number of nitrogens with zero attached hydrogens (tertiary/aromatic N) is 5. The molecular weight excluding hydrogens is 452 g/mol. The van der Waals surface area contributed by atoms with Crippen LogP contribution in [0.4, 0.5) is 11.6 Å². The highest BCUT2D eigenvalue weighted by atomic mass is 16.1. The monoisotopic (exact) mass is 486 g/mol. The van der Waals surface area contributed by atoms with Crippen molar-refractivity contribution < 1.29 is 4.79 Å². The van der Waals surface area contributed by atoms with Gasteiger partial charge in [0.2, 0.25) is 5.91 Å². The maximum absolute atomic E-state index is 12.6. The Hall–Kier alpha value is -4.01. The Labute approximate surface area is 211 Å². The van der Waals surface area contributed by atoms with Gasteiger partial charge in [-0.15, -0.1) is 0 Å². The first-order valence-electron chi connectivity index (χ1n) is 12.4. The quantitative estimate of drug-likeness (QED) is 0.329. The highest BCUT2D eigenvalue weighted by Crippen LogP contribution is 2.32. The van der Waals surface area contributed by atoms with Gasteiger partial charge in [0.05, 0.1) is 5.69 Å². The average molecular weight is 487 g/mol. The molecule has 3 aromatic heterocycles. The Morgan fingerprint density at radius 1 is 1.25 bits per heavy atom. The molecule has 1 aliphatic heterocycles. The van der Waals surface area contributed by atoms with Crippen molar-refractivity contribution in [1.29, 1.82) is 0 Å². The zero-order chi connectivity index (χ0) is 25.5. The highest BCUT2D eigenvalue weighted by Gasteiger charge is 2.26. The second-order valence-electron chi connectivity index (χ2n) is 9.39. The van der Waals surface area contributed by atoms with E-state index in [0.29, 0.717) is 17.6 Å². The van der Waals surface area contributed by atoms with Gasteiger partial charge in [0.15, 0.2) is 5.82 Å². The fraction of sp³-hybridized carbons (Fsp3) is 0.370. The van der Waals surface area contributed by atoms with Gasteiger partial charge < -0.3 is 21.3 Å². The number of rotatable bonds is 8. The molecule has 0 spiro atoms. The van der Waals surface area contributed by atoms with Crippen molar-refractivity contribution in [2.75, 3.05) is 31.6 Å². The number of nitrogens with one attached hydrogen (secondary N) is 2. The van der Waals surface area contributed by atoms with Crippen molar-refractivity contribution in [3.05, 3.63) is 55.1 Å². The lowest BCUT2D eigenvalue weighted by Gasteiger charge is -2.33. The fourth-order valence-electron chi connectivity index (χ4n) is 4.25. The van der Waals surface area contributed by atoms with E-state index in [1.165, 1.54) is 0 Å². The van der Waals surface area contributed by atoms with Crippen molar-refractivity contribution in [3.63, 3.8) is 0 Å². The van der Waals surface area contributed by atoms with Crippen molar-refractivity contribution in [3.8, 4) is 11.3 Å². The van der Waals surface area contributed by atoms with E-state index < -0.39 is 0 Å². The normalized spacial score (nSPS) is 15.1. The van der Waals surface area contributed by atoms with Crippen molar-refractivity contribution in [1.82, 2.24) is 25.6 Å². The number of aliphatic imine (C=N–C) groups is 1. The molecule has 0 unspecified atom stereocenters. The van der Waals surface area contributed by atoms with Gasteiger partial charge in [-0.2, -0.15) is 0 Å². The summed E-state index contributed by atoms with van der Waals surface area (Å²) < 4.78 is 0. The van der Waals surface area contributed by atoms with Crippen LogP contribution in [0, 0.1) is 11.8 Å². The van der Waals surface area contributed by atoms with Gasteiger partial charge in [-0.3, -0.25) is 9.78 Å². The van der Waals surface area contributed by atoms with E-state index in [1.54, 1.807) is 31.7 Å². The molecule has 3 aromatic rings. The second kappa shape index (κ2) is 11.6. The van der Waals surface area contributed by atoms with E-state index in [-0.39, 0.29) is 11.8 Å². The van der Waals surface area contributed by atoms with Crippen LogP contribution in [0.15, 0.2) is 60.1 Å². The summed E-state index contributed by atoms with van der Waals surface area (Å²) >= 11 is 0. The Kier molecular flexibility index (Phi) is 8.10. The van der Waals surface area contributed by atoms with Gasteiger partial charge in [0.25, 0.3) is 0 Å². The van der Waals surface area contributed by atoms with Gasteiger partial charge in [-0.05, 0) is 55.3 Å². The molecule has 1 fully saturated rings. The van der Waals surface area contributed by atoms with Crippen molar-refractivity contribution >= 4 is 34.2 Å². The summed E-state index contributed by atoms with van der Waals surface area (Å²) in [6, 6.07) is 7.82. The van der Waals surface area contributed by atoms with Gasteiger partial charge >= 0.3 is 0 Å². The first kappa shape index (κ1) is 25.1. The molecule has 1 amide bonds. The molecule has 4 N–H and O–H groups in total. The maximum Gasteiger partial charge on any atom is 0.223 e. The summed E-state index contributed by atoms with van der Waals surface area (Å²) in [5, 5.41) is 8.03. The third kappa shape index (κ3) is 6.16. The lowest BCUT2D eigenvalue weighted by Crippen LogP contribution is -2.41. The molecule has 1 aliphatic rings. The molecule has 188 valence electrons. The number of aromatic nitrogens is 3. The molecule has 0 aromatic carbocycles. The SMILES string of the molecule is CN/C=C\C(N)=Nc1cc(-c2cc3cnccc3c(N3CCC(C(=O)NCC(C)C)CC3)n2)ccn1. The summed E-state index contributed by atoms with van der Waals surface area (Å²) in [6.45, 7) is 6.47. The van der Waals surface area contributed by atoms with Gasteiger partial charge in [-0.1, -0.05) is 13.8 Å². The zero-order valence-corrected chi connectivity index (χ0v) is 21.1. The minimum Gasteiger partial charge on any atom is -0.394 e. The van der Waals surface area contributed by atoms with Crippen molar-refractivity contribution in [2.24, 2.45) is 22.6 Å². The van der Waals surface area contributed by atoms with Crippen molar-refractivity contribution in [2.45, 2.75) is 26.7 Å². The standard InChI is InChI=1S/C27H34N8O/c1-18(2)16-32-27(36)19-7-12-35(13-8-19)26-22-5-10-30-17-21(22)14-23(33-26)20-4-11-31-25(15-20)34-24(28)6-9-29-3/h4-6,9-11,14-15,17-19,29H,7-8,12-13,16H2,1-3H3,(H,32,36)(H2,28,31,34)/b9-6-. The molecule has 0 saturated carbocycles. The average Bonchev–Trinajstić information content (AvgIpc) is 2.90. The number of fused-ring (bicyclic) bond motifs is 1.